The Morgan fingerprint density at radius 1 is 0.889 bits per heavy atom. The van der Waals surface area contributed by atoms with Gasteiger partial charge < -0.3 is 14.2 Å². The normalized spacial score (nSPS) is 42.6. The molecule has 5 heteroatoms. The molecule has 0 aromatic heterocycles. The minimum absolute atomic E-state index is 0.0107. The first-order chi connectivity index (χ1) is 21.2. The van der Waals surface area contributed by atoms with Crippen LogP contribution in [0.15, 0.2) is 35.9 Å². The van der Waals surface area contributed by atoms with Crippen LogP contribution in [0.2, 0.25) is 0 Å². The number of esters is 1. The number of benzene rings is 1. The van der Waals surface area contributed by atoms with E-state index in [0.29, 0.717) is 41.1 Å². The highest BCUT2D eigenvalue weighted by atomic mass is 16.5. The number of fused-ring (bicyclic) bond motifs is 7. The number of para-hydroxylation sites is 1. The van der Waals surface area contributed by atoms with Crippen molar-refractivity contribution in [1.82, 2.24) is 0 Å². The van der Waals surface area contributed by atoms with Gasteiger partial charge in [0.05, 0.1) is 26.7 Å². The third kappa shape index (κ3) is 4.23. The van der Waals surface area contributed by atoms with Crippen molar-refractivity contribution in [2.75, 3.05) is 21.3 Å². The zero-order valence-corrected chi connectivity index (χ0v) is 29.3. The summed E-state index contributed by atoms with van der Waals surface area (Å²) in [5, 5.41) is 0. The molecule has 9 atom stereocenters. The van der Waals surface area contributed by atoms with Crippen molar-refractivity contribution in [3.63, 3.8) is 0 Å². The molecule has 0 spiro atoms. The molecule has 6 rings (SSSR count). The highest BCUT2D eigenvalue weighted by Gasteiger charge is 2.72. The molecule has 5 aliphatic carbocycles. The lowest BCUT2D eigenvalue weighted by Crippen LogP contribution is -2.67. The molecule has 0 heterocycles. The van der Waals surface area contributed by atoms with Crippen LogP contribution in [0.5, 0.6) is 11.5 Å². The molecule has 45 heavy (non-hydrogen) atoms. The lowest BCUT2D eigenvalue weighted by molar-refractivity contribution is -0.232. The van der Waals surface area contributed by atoms with Crippen LogP contribution in [0.4, 0.5) is 0 Å². The molecule has 5 aliphatic rings. The number of ether oxygens (including phenoxy) is 3. The summed E-state index contributed by atoms with van der Waals surface area (Å²) in [4.78, 5) is 27.9. The van der Waals surface area contributed by atoms with Crippen molar-refractivity contribution in [3.05, 3.63) is 41.5 Å². The van der Waals surface area contributed by atoms with E-state index in [1.165, 1.54) is 5.57 Å². The number of Topliss-reactive ketones (excluding diaryl/α,β-unsaturated/α-hetero) is 1. The molecule has 0 aliphatic heterocycles. The molecule has 5 saturated carbocycles. The second-order valence-electron chi connectivity index (χ2n) is 16.8. The molecular weight excluding hydrogens is 560 g/mol. The fourth-order valence-corrected chi connectivity index (χ4v) is 12.9. The van der Waals surface area contributed by atoms with Gasteiger partial charge in [0.2, 0.25) is 0 Å². The SMILES string of the molecule is C=C(C)[C@@H]1CC[C@]2(C(=O)OC)CC[C@]3(C)[C@H](CC[C@@H]4[C@@]5(C)C/C(=C\c6cccc(OC)c6OC)C(=O)C(C)(C)[C@@H]5CC[C@]43C)[C@@H]12. The highest BCUT2D eigenvalue weighted by molar-refractivity contribution is 6.04. The maximum Gasteiger partial charge on any atom is 0.312 e. The van der Waals surface area contributed by atoms with Crippen LogP contribution >= 0.6 is 0 Å². The Balaban J connectivity index is 1.42. The fourth-order valence-electron chi connectivity index (χ4n) is 12.9. The molecule has 0 saturated heterocycles. The Morgan fingerprint density at radius 3 is 2.27 bits per heavy atom. The van der Waals surface area contributed by atoms with Crippen molar-refractivity contribution in [1.29, 1.82) is 0 Å². The predicted octanol–water partition coefficient (Wildman–Crippen LogP) is 9.10. The van der Waals surface area contributed by atoms with Crippen LogP contribution in [0.3, 0.4) is 0 Å². The van der Waals surface area contributed by atoms with Gasteiger partial charge in [0.1, 0.15) is 0 Å². The Hall–Kier alpha value is -2.56. The van der Waals surface area contributed by atoms with E-state index in [2.05, 4.69) is 54.2 Å². The molecule has 246 valence electrons. The topological polar surface area (TPSA) is 61.8 Å². The Morgan fingerprint density at radius 2 is 1.62 bits per heavy atom. The number of methoxy groups -OCH3 is 3. The van der Waals surface area contributed by atoms with Crippen LogP contribution in [-0.4, -0.2) is 33.1 Å². The van der Waals surface area contributed by atoms with Gasteiger partial charge in [-0.25, -0.2) is 0 Å². The second-order valence-corrected chi connectivity index (χ2v) is 16.8. The van der Waals surface area contributed by atoms with Crippen molar-refractivity contribution in [2.24, 2.45) is 56.7 Å². The van der Waals surface area contributed by atoms with E-state index in [4.69, 9.17) is 14.2 Å². The number of hydrogen-bond acceptors (Lipinski definition) is 5. The Bertz CT molecular complexity index is 1440. The van der Waals surface area contributed by atoms with Crippen molar-refractivity contribution in [3.8, 4) is 11.5 Å². The maximum atomic E-state index is 14.3. The van der Waals surface area contributed by atoms with Gasteiger partial charge in [-0.1, -0.05) is 58.9 Å². The van der Waals surface area contributed by atoms with Crippen LogP contribution in [-0.2, 0) is 14.3 Å². The van der Waals surface area contributed by atoms with E-state index >= 15 is 0 Å². The maximum absolute atomic E-state index is 14.3. The van der Waals surface area contributed by atoms with E-state index in [0.717, 1.165) is 68.9 Å². The number of carbonyl (C=O) groups excluding carboxylic acids is 2. The minimum Gasteiger partial charge on any atom is -0.493 e. The van der Waals surface area contributed by atoms with Gasteiger partial charge in [-0.3, -0.25) is 9.59 Å². The first-order valence-corrected chi connectivity index (χ1v) is 17.4. The van der Waals surface area contributed by atoms with Crippen LogP contribution in [0.1, 0.15) is 105 Å². The van der Waals surface area contributed by atoms with Gasteiger partial charge in [0.25, 0.3) is 0 Å². The summed E-state index contributed by atoms with van der Waals surface area (Å²) in [6, 6.07) is 5.89. The van der Waals surface area contributed by atoms with E-state index in [9.17, 15) is 9.59 Å². The Kier molecular flexibility index (Phi) is 7.73. The molecule has 5 fully saturated rings. The molecule has 0 bridgehead atoms. The first kappa shape index (κ1) is 32.4. The second kappa shape index (κ2) is 10.7. The quantitative estimate of drug-likeness (QED) is 0.188. The molecule has 0 unspecified atom stereocenters. The Labute approximate surface area is 271 Å². The van der Waals surface area contributed by atoms with E-state index < -0.39 is 5.41 Å². The molecule has 0 amide bonds. The fraction of sp³-hybridized carbons (Fsp3) is 0.700. The number of rotatable bonds is 5. The molecule has 1 aromatic carbocycles. The average Bonchev–Trinajstić information content (AvgIpc) is 3.41. The molecule has 0 N–H and O–H groups in total. The monoisotopic (exact) mass is 616 g/mol. The zero-order chi connectivity index (χ0) is 32.7. The van der Waals surface area contributed by atoms with Gasteiger partial charge in [-0.15, -0.1) is 0 Å². The molecule has 1 aromatic rings. The smallest absolute Gasteiger partial charge is 0.312 e. The summed E-state index contributed by atoms with van der Waals surface area (Å²) in [6.45, 7) is 18.7. The number of ketones is 1. The average molecular weight is 617 g/mol. The largest absolute Gasteiger partial charge is 0.493 e. The van der Waals surface area contributed by atoms with Crippen LogP contribution < -0.4 is 9.47 Å². The van der Waals surface area contributed by atoms with Crippen molar-refractivity contribution in [2.45, 2.75) is 99.3 Å². The zero-order valence-electron chi connectivity index (χ0n) is 29.3. The van der Waals surface area contributed by atoms with E-state index in [1.54, 1.807) is 21.3 Å². The number of carbonyl (C=O) groups is 2. The summed E-state index contributed by atoms with van der Waals surface area (Å²) in [7, 11) is 4.89. The summed E-state index contributed by atoms with van der Waals surface area (Å²) in [6.07, 6.45) is 11.3. The summed E-state index contributed by atoms with van der Waals surface area (Å²) < 4.78 is 16.9. The highest BCUT2D eigenvalue weighted by Crippen LogP contribution is 2.77. The summed E-state index contributed by atoms with van der Waals surface area (Å²) in [5.41, 5.74) is 2.41. The molecule has 5 nitrogen and oxygen atoms in total. The molecule has 0 radical (unpaired) electrons. The van der Waals surface area contributed by atoms with E-state index in [1.807, 2.05) is 18.2 Å². The van der Waals surface area contributed by atoms with Crippen LogP contribution in [0.25, 0.3) is 6.08 Å². The van der Waals surface area contributed by atoms with Gasteiger partial charge in [-0.2, -0.15) is 0 Å². The van der Waals surface area contributed by atoms with Crippen molar-refractivity contribution < 1.29 is 23.8 Å². The van der Waals surface area contributed by atoms with Crippen LogP contribution in [0, 0.1) is 56.7 Å². The number of hydrogen-bond donors (Lipinski definition) is 0. The minimum atomic E-state index is -0.451. The van der Waals surface area contributed by atoms with Gasteiger partial charge in [-0.05, 0) is 128 Å². The summed E-state index contributed by atoms with van der Waals surface area (Å²) >= 11 is 0. The number of allylic oxidation sites excluding steroid dienone is 2. The lowest BCUT2D eigenvalue weighted by atomic mass is 9.32. The van der Waals surface area contributed by atoms with Gasteiger partial charge in [0, 0.05) is 11.0 Å². The van der Waals surface area contributed by atoms with Gasteiger partial charge in [0.15, 0.2) is 17.3 Å². The van der Waals surface area contributed by atoms with Gasteiger partial charge >= 0.3 is 5.97 Å². The van der Waals surface area contributed by atoms with E-state index in [-0.39, 0.29) is 33.4 Å². The lowest BCUT2D eigenvalue weighted by Gasteiger charge is -2.72. The first-order valence-electron chi connectivity index (χ1n) is 17.4. The third-order valence-corrected chi connectivity index (χ3v) is 15.0. The standard InChI is InChI=1S/C40H56O5/c1-24(2)27-16-19-40(35(42)45-10)21-20-38(6)28(32(27)40)14-15-31-37(5)23-26(22-25-12-11-13-29(43-8)33(25)44-9)34(41)36(3,4)30(37)17-18-39(31,38)7/h11-13,22,27-28,30-32H,1,14-21,23H2,2-10H3/b26-22+/t27-,28+,30-,31+,32+,37-,38+,39+,40-/m0/s1. The molecular formula is C40H56O5. The predicted molar refractivity (Wildman–Crippen MR) is 179 cm³/mol. The van der Waals surface area contributed by atoms with Crippen molar-refractivity contribution >= 4 is 17.8 Å². The summed E-state index contributed by atoms with van der Waals surface area (Å²) in [5.74, 6) is 3.58. The third-order valence-electron chi connectivity index (χ3n) is 15.0.